The number of benzene rings is 1. The molecular formula is C27H28N6O4S. The Morgan fingerprint density at radius 1 is 1.13 bits per heavy atom. The maximum Gasteiger partial charge on any atom is 0.255 e. The number of nitrogens with one attached hydrogen (secondary N) is 2. The standard InChI is InChI=1S/C27H28N6O4S/c1-32-11-13-33(14-12-32)10-3-15-38(36,37)21-6-8-24(29-18-21)25-22-16-19(5-7-23(22)31-27(25)35)26(34)30-20-4-2-9-28-17-20/h2-10,16-18,31,35H,11-15H2,1H3,(H,30,34). The minimum absolute atomic E-state index is 0.0974. The molecule has 0 aliphatic carbocycles. The summed E-state index contributed by atoms with van der Waals surface area (Å²) in [4.78, 5) is 28.4. The lowest BCUT2D eigenvalue weighted by molar-refractivity contribution is 0.102. The van der Waals surface area contributed by atoms with E-state index in [1.165, 1.54) is 12.3 Å². The van der Waals surface area contributed by atoms with Gasteiger partial charge in [0, 0.05) is 55.0 Å². The van der Waals surface area contributed by atoms with Crippen LogP contribution in [0, 0.1) is 0 Å². The van der Waals surface area contributed by atoms with Gasteiger partial charge >= 0.3 is 0 Å². The molecule has 0 saturated carbocycles. The molecule has 3 N–H and O–H groups in total. The van der Waals surface area contributed by atoms with Gasteiger partial charge in [-0.05, 0) is 55.7 Å². The smallest absolute Gasteiger partial charge is 0.255 e. The van der Waals surface area contributed by atoms with Crippen LogP contribution in [0.3, 0.4) is 0 Å². The third-order valence-corrected chi connectivity index (χ3v) is 8.07. The molecule has 0 radical (unpaired) electrons. The number of aromatic nitrogens is 3. The van der Waals surface area contributed by atoms with E-state index in [4.69, 9.17) is 0 Å². The van der Waals surface area contributed by atoms with Crippen LogP contribution in [-0.2, 0) is 9.84 Å². The van der Waals surface area contributed by atoms with Crippen LogP contribution >= 0.6 is 0 Å². The second kappa shape index (κ2) is 10.6. The third kappa shape index (κ3) is 5.53. The summed E-state index contributed by atoms with van der Waals surface area (Å²) in [5, 5.41) is 14.0. The zero-order valence-corrected chi connectivity index (χ0v) is 21.6. The first-order valence-corrected chi connectivity index (χ1v) is 13.8. The molecule has 1 fully saturated rings. The van der Waals surface area contributed by atoms with Crippen molar-refractivity contribution in [2.75, 3.05) is 44.3 Å². The Hall–Kier alpha value is -4.22. The van der Waals surface area contributed by atoms with E-state index < -0.39 is 9.84 Å². The first-order valence-electron chi connectivity index (χ1n) is 12.1. The number of carbonyl (C=O) groups excluding carboxylic acids is 1. The Morgan fingerprint density at radius 2 is 1.95 bits per heavy atom. The van der Waals surface area contributed by atoms with Crippen LogP contribution in [0.15, 0.2) is 78.2 Å². The van der Waals surface area contributed by atoms with Crippen molar-refractivity contribution in [3.63, 3.8) is 0 Å². The van der Waals surface area contributed by atoms with Crippen molar-refractivity contribution in [2.24, 2.45) is 0 Å². The second-order valence-electron chi connectivity index (χ2n) is 9.19. The molecule has 4 heterocycles. The number of nitrogens with zero attached hydrogens (tertiary/aromatic N) is 4. The van der Waals surface area contributed by atoms with Gasteiger partial charge in [0.05, 0.1) is 33.8 Å². The van der Waals surface area contributed by atoms with E-state index in [9.17, 15) is 18.3 Å². The van der Waals surface area contributed by atoms with E-state index in [1.54, 1.807) is 54.9 Å². The summed E-state index contributed by atoms with van der Waals surface area (Å²) in [5.74, 6) is -0.581. The van der Waals surface area contributed by atoms with Crippen molar-refractivity contribution in [2.45, 2.75) is 4.90 Å². The van der Waals surface area contributed by atoms with Crippen molar-refractivity contribution in [3.8, 4) is 17.1 Å². The number of aromatic amines is 1. The number of aromatic hydroxyl groups is 1. The monoisotopic (exact) mass is 532 g/mol. The number of sulfone groups is 1. The van der Waals surface area contributed by atoms with Crippen LogP contribution in [0.25, 0.3) is 22.2 Å². The molecule has 1 amide bonds. The van der Waals surface area contributed by atoms with E-state index >= 15 is 0 Å². The van der Waals surface area contributed by atoms with Crippen LogP contribution in [-0.4, -0.2) is 83.2 Å². The fraction of sp³-hybridized carbons (Fsp3) is 0.222. The highest BCUT2D eigenvalue weighted by atomic mass is 32.2. The van der Waals surface area contributed by atoms with Gasteiger partial charge in [0.2, 0.25) is 0 Å². The van der Waals surface area contributed by atoms with E-state index in [-0.39, 0.29) is 22.4 Å². The summed E-state index contributed by atoms with van der Waals surface area (Å²) in [5.41, 5.74) is 2.32. The predicted molar refractivity (Wildman–Crippen MR) is 146 cm³/mol. The molecule has 5 rings (SSSR count). The highest BCUT2D eigenvalue weighted by Crippen LogP contribution is 2.36. The number of pyridine rings is 2. The Labute approximate surface area is 220 Å². The summed E-state index contributed by atoms with van der Waals surface area (Å²) in [6, 6.07) is 11.5. The van der Waals surface area contributed by atoms with Crippen LogP contribution in [0.5, 0.6) is 5.88 Å². The average molecular weight is 533 g/mol. The Morgan fingerprint density at radius 3 is 2.66 bits per heavy atom. The SMILES string of the molecule is CN1CCN(C=CCS(=O)(=O)c2ccc(-c3c(O)[nH]c4ccc(C(=O)Nc5cccnc5)cc34)nc2)CC1. The van der Waals surface area contributed by atoms with Crippen LogP contribution < -0.4 is 5.32 Å². The summed E-state index contributed by atoms with van der Waals surface area (Å²) in [6.07, 6.45) is 7.97. The highest BCUT2D eigenvalue weighted by Gasteiger charge is 2.19. The number of piperazine rings is 1. The Kier molecular flexibility index (Phi) is 7.12. The van der Waals surface area contributed by atoms with Crippen molar-refractivity contribution >= 4 is 32.3 Å². The van der Waals surface area contributed by atoms with Crippen molar-refractivity contribution in [1.82, 2.24) is 24.8 Å². The van der Waals surface area contributed by atoms with Gasteiger partial charge in [0.15, 0.2) is 15.7 Å². The Balaban J connectivity index is 1.35. The number of H-pyrrole nitrogens is 1. The number of anilines is 1. The number of amides is 1. The van der Waals surface area contributed by atoms with Crippen molar-refractivity contribution in [1.29, 1.82) is 0 Å². The topological polar surface area (TPSA) is 132 Å². The van der Waals surface area contributed by atoms with Gasteiger partial charge in [0.1, 0.15) is 0 Å². The molecule has 1 saturated heterocycles. The quantitative estimate of drug-likeness (QED) is 0.331. The van der Waals surface area contributed by atoms with Crippen molar-refractivity contribution in [3.05, 3.63) is 78.9 Å². The first-order chi connectivity index (χ1) is 18.3. The summed E-state index contributed by atoms with van der Waals surface area (Å²) >= 11 is 0. The lowest BCUT2D eigenvalue weighted by atomic mass is 10.1. The van der Waals surface area contributed by atoms with E-state index in [0.29, 0.717) is 33.4 Å². The largest absolute Gasteiger partial charge is 0.494 e. The summed E-state index contributed by atoms with van der Waals surface area (Å²) < 4.78 is 25.7. The summed E-state index contributed by atoms with van der Waals surface area (Å²) in [6.45, 7) is 3.62. The second-order valence-corrected chi connectivity index (χ2v) is 11.2. The van der Waals surface area contributed by atoms with Gasteiger partial charge in [-0.1, -0.05) is 6.08 Å². The molecule has 0 atom stereocenters. The molecule has 11 heteroatoms. The zero-order chi connectivity index (χ0) is 26.7. The van der Waals surface area contributed by atoms with Gasteiger partial charge in [-0.15, -0.1) is 0 Å². The van der Waals surface area contributed by atoms with Crippen LogP contribution in [0.1, 0.15) is 10.4 Å². The number of hydrogen-bond acceptors (Lipinski definition) is 8. The maximum atomic E-state index is 12.9. The minimum Gasteiger partial charge on any atom is -0.494 e. The fourth-order valence-electron chi connectivity index (χ4n) is 4.32. The first kappa shape index (κ1) is 25.4. The molecule has 38 heavy (non-hydrogen) atoms. The van der Waals surface area contributed by atoms with Crippen LogP contribution in [0.4, 0.5) is 5.69 Å². The normalized spacial score (nSPS) is 14.8. The van der Waals surface area contributed by atoms with E-state index in [2.05, 4.69) is 37.1 Å². The molecule has 4 aromatic rings. The number of hydrogen-bond donors (Lipinski definition) is 3. The molecule has 3 aromatic heterocycles. The van der Waals surface area contributed by atoms with Crippen LogP contribution in [0.2, 0.25) is 0 Å². The molecule has 0 spiro atoms. The third-order valence-electron chi connectivity index (χ3n) is 6.48. The predicted octanol–water partition coefficient (Wildman–Crippen LogP) is 3.12. The molecule has 1 aromatic carbocycles. The Bertz CT molecular complexity index is 1580. The molecule has 0 bridgehead atoms. The van der Waals surface area contributed by atoms with E-state index in [0.717, 1.165) is 26.2 Å². The van der Waals surface area contributed by atoms with Gasteiger partial charge in [0.25, 0.3) is 5.91 Å². The number of likely N-dealkylation sites (N-methyl/N-ethyl adjacent to an activating group) is 1. The number of fused-ring (bicyclic) bond motifs is 1. The molecule has 1 aliphatic heterocycles. The van der Waals surface area contributed by atoms with Gasteiger partial charge in [-0.25, -0.2) is 8.42 Å². The average Bonchev–Trinajstić information content (AvgIpc) is 3.25. The zero-order valence-electron chi connectivity index (χ0n) is 20.8. The molecule has 1 aliphatic rings. The van der Waals surface area contributed by atoms with Gasteiger partial charge in [-0.3, -0.25) is 14.8 Å². The van der Waals surface area contributed by atoms with Gasteiger partial charge in [-0.2, -0.15) is 0 Å². The van der Waals surface area contributed by atoms with E-state index in [1.807, 2.05) is 6.20 Å². The molecule has 196 valence electrons. The minimum atomic E-state index is -3.57. The number of rotatable bonds is 7. The fourth-order valence-corrected chi connectivity index (χ4v) is 5.34. The summed E-state index contributed by atoms with van der Waals surface area (Å²) in [7, 11) is -1.51. The lowest BCUT2D eigenvalue weighted by Gasteiger charge is -2.31. The van der Waals surface area contributed by atoms with Crippen molar-refractivity contribution < 1.29 is 18.3 Å². The lowest BCUT2D eigenvalue weighted by Crippen LogP contribution is -2.41. The number of carbonyl (C=O) groups is 1. The highest BCUT2D eigenvalue weighted by molar-refractivity contribution is 7.91. The molecule has 0 unspecified atom stereocenters. The van der Waals surface area contributed by atoms with Gasteiger partial charge < -0.3 is 25.2 Å². The molecular weight excluding hydrogens is 504 g/mol. The maximum absolute atomic E-state index is 12.9. The molecule has 10 nitrogen and oxygen atoms in total.